The molecule has 26 heavy (non-hydrogen) atoms. The highest BCUT2D eigenvalue weighted by Gasteiger charge is 2.17. The average molecular weight is 370 g/mol. The summed E-state index contributed by atoms with van der Waals surface area (Å²) < 4.78 is 9.95. The molecule has 0 radical (unpaired) electrons. The molecule has 0 saturated carbocycles. The molecule has 1 N–H and O–H groups in total. The molecule has 0 aromatic rings. The fraction of sp³-hybridized carbons (Fsp3) is 0.684. The Morgan fingerprint density at radius 1 is 1.04 bits per heavy atom. The van der Waals surface area contributed by atoms with Crippen molar-refractivity contribution in [2.24, 2.45) is 0 Å². The second-order valence-electron chi connectivity index (χ2n) is 6.29. The summed E-state index contributed by atoms with van der Waals surface area (Å²) in [7, 11) is 0. The van der Waals surface area contributed by atoms with Crippen molar-refractivity contribution in [3.05, 3.63) is 12.2 Å². The van der Waals surface area contributed by atoms with Crippen LogP contribution in [0.3, 0.4) is 0 Å². The predicted molar refractivity (Wildman–Crippen MR) is 95.5 cm³/mol. The molecule has 0 rings (SSSR count). The molecular formula is C19H30O7. The third kappa shape index (κ3) is 13.1. The van der Waals surface area contributed by atoms with Crippen LogP contribution in [0.25, 0.3) is 0 Å². The van der Waals surface area contributed by atoms with Crippen LogP contribution in [0.15, 0.2) is 12.2 Å². The monoisotopic (exact) mass is 370 g/mol. The van der Waals surface area contributed by atoms with E-state index in [1.165, 1.54) is 19.3 Å². The molecular weight excluding hydrogens is 340 g/mol. The number of hydrogen-bond acceptors (Lipinski definition) is 6. The summed E-state index contributed by atoms with van der Waals surface area (Å²) in [5.41, 5.74) is -0.101. The van der Waals surface area contributed by atoms with E-state index >= 15 is 0 Å². The number of hydrogen-bond donors (Lipinski definition) is 1. The van der Waals surface area contributed by atoms with E-state index < -0.39 is 30.3 Å². The highest BCUT2D eigenvalue weighted by Crippen LogP contribution is 2.11. The first-order valence-corrected chi connectivity index (χ1v) is 9.04. The summed E-state index contributed by atoms with van der Waals surface area (Å²) in [4.78, 5) is 45.2. The van der Waals surface area contributed by atoms with E-state index in [9.17, 15) is 19.2 Å². The summed E-state index contributed by atoms with van der Waals surface area (Å²) in [6, 6.07) is 0. The van der Waals surface area contributed by atoms with Crippen molar-refractivity contribution in [3.8, 4) is 0 Å². The van der Waals surface area contributed by atoms with Gasteiger partial charge in [-0.15, -0.1) is 0 Å². The summed E-state index contributed by atoms with van der Waals surface area (Å²) in [6.45, 7) is 6.89. The maximum absolute atomic E-state index is 11.8. The largest absolute Gasteiger partial charge is 0.481 e. The van der Waals surface area contributed by atoms with Gasteiger partial charge in [-0.1, -0.05) is 39.2 Å². The van der Waals surface area contributed by atoms with Gasteiger partial charge in [-0.2, -0.15) is 0 Å². The Morgan fingerprint density at radius 2 is 1.69 bits per heavy atom. The minimum atomic E-state index is -1.10. The first-order valence-electron chi connectivity index (χ1n) is 9.04. The second kappa shape index (κ2) is 14.0. The van der Waals surface area contributed by atoms with Gasteiger partial charge in [0.2, 0.25) is 0 Å². The number of ketones is 1. The van der Waals surface area contributed by atoms with Gasteiger partial charge < -0.3 is 14.6 Å². The normalized spacial score (nSPS) is 11.5. The molecule has 0 aromatic heterocycles. The molecule has 0 amide bonds. The minimum Gasteiger partial charge on any atom is -0.481 e. The number of carbonyl (C=O) groups is 4. The Kier molecular flexibility index (Phi) is 12.9. The highest BCUT2D eigenvalue weighted by molar-refractivity contribution is 5.94. The molecule has 148 valence electrons. The zero-order chi connectivity index (χ0) is 19.9. The van der Waals surface area contributed by atoms with E-state index in [-0.39, 0.29) is 30.9 Å². The van der Waals surface area contributed by atoms with E-state index in [1.54, 1.807) is 6.92 Å². The number of esters is 2. The fourth-order valence-corrected chi connectivity index (χ4v) is 2.17. The number of carbonyl (C=O) groups excluding carboxylic acids is 3. The van der Waals surface area contributed by atoms with Crippen LogP contribution in [-0.4, -0.2) is 41.5 Å². The topological polar surface area (TPSA) is 107 Å². The van der Waals surface area contributed by atoms with Gasteiger partial charge in [0.1, 0.15) is 6.61 Å². The zero-order valence-electron chi connectivity index (χ0n) is 15.8. The van der Waals surface area contributed by atoms with E-state index in [4.69, 9.17) is 14.6 Å². The van der Waals surface area contributed by atoms with Gasteiger partial charge >= 0.3 is 17.9 Å². The van der Waals surface area contributed by atoms with Crippen molar-refractivity contribution in [3.63, 3.8) is 0 Å². The van der Waals surface area contributed by atoms with Crippen LogP contribution < -0.4 is 0 Å². The number of rotatable bonds is 15. The van der Waals surface area contributed by atoms with Crippen LogP contribution >= 0.6 is 0 Å². The van der Waals surface area contributed by atoms with Gasteiger partial charge in [-0.3, -0.25) is 14.4 Å². The first kappa shape index (κ1) is 23.8. The van der Waals surface area contributed by atoms with Crippen LogP contribution in [0.5, 0.6) is 0 Å². The van der Waals surface area contributed by atoms with Crippen LogP contribution in [0.2, 0.25) is 0 Å². The first-order chi connectivity index (χ1) is 12.3. The maximum Gasteiger partial charge on any atom is 0.334 e. The Labute approximate surface area is 154 Å². The molecule has 7 nitrogen and oxygen atoms in total. The third-order valence-electron chi connectivity index (χ3n) is 3.68. The van der Waals surface area contributed by atoms with Crippen LogP contribution in [0, 0.1) is 0 Å². The van der Waals surface area contributed by atoms with Crippen molar-refractivity contribution >= 4 is 23.7 Å². The van der Waals surface area contributed by atoms with Gasteiger partial charge in [0.15, 0.2) is 5.78 Å². The second-order valence-corrected chi connectivity index (χ2v) is 6.29. The smallest absolute Gasteiger partial charge is 0.334 e. The molecule has 0 fully saturated rings. The Bertz CT molecular complexity index is 496. The molecule has 0 heterocycles. The SMILES string of the molecule is C=C(CC(=O)O[C@@H](C)CCCCCCC)C(=O)OCC(=O)CCC(=O)O. The molecule has 0 aliphatic carbocycles. The molecule has 0 aromatic carbocycles. The van der Waals surface area contributed by atoms with Crippen molar-refractivity contribution in [2.45, 2.75) is 77.7 Å². The highest BCUT2D eigenvalue weighted by atomic mass is 16.5. The Hall–Kier alpha value is -2.18. The van der Waals surface area contributed by atoms with E-state index in [2.05, 4.69) is 13.5 Å². The number of carboxylic acid groups (broad SMARTS) is 1. The molecule has 0 aliphatic rings. The van der Waals surface area contributed by atoms with Crippen LogP contribution in [0.4, 0.5) is 0 Å². The van der Waals surface area contributed by atoms with Gasteiger partial charge in [-0.05, 0) is 19.8 Å². The number of aliphatic carboxylic acids is 1. The lowest BCUT2D eigenvalue weighted by molar-refractivity contribution is -0.150. The lowest BCUT2D eigenvalue weighted by Crippen LogP contribution is -2.20. The van der Waals surface area contributed by atoms with Gasteiger partial charge in [-0.25, -0.2) is 4.79 Å². The lowest BCUT2D eigenvalue weighted by atomic mass is 10.1. The Morgan fingerprint density at radius 3 is 2.31 bits per heavy atom. The molecule has 0 bridgehead atoms. The summed E-state index contributed by atoms with van der Waals surface area (Å²) >= 11 is 0. The molecule has 0 spiro atoms. The fourth-order valence-electron chi connectivity index (χ4n) is 2.17. The zero-order valence-corrected chi connectivity index (χ0v) is 15.8. The van der Waals surface area contributed by atoms with E-state index in [0.29, 0.717) is 0 Å². The number of Topliss-reactive ketones (excluding diaryl/α,β-unsaturated/α-hetero) is 1. The van der Waals surface area contributed by atoms with Gasteiger partial charge in [0, 0.05) is 12.0 Å². The standard InChI is InChI=1S/C19H30O7/c1-4-5-6-7-8-9-15(3)26-18(23)12-14(2)19(24)25-13-16(20)10-11-17(21)22/h15H,2,4-13H2,1,3H3,(H,21,22)/t15-/m0/s1. The lowest BCUT2D eigenvalue weighted by Gasteiger charge is -2.13. The Balaban J connectivity index is 3.98. The maximum atomic E-state index is 11.8. The van der Waals surface area contributed by atoms with E-state index in [0.717, 1.165) is 19.3 Å². The summed E-state index contributed by atoms with van der Waals surface area (Å²) in [6.07, 6.45) is 5.33. The molecule has 7 heteroatoms. The van der Waals surface area contributed by atoms with Crippen LogP contribution in [0.1, 0.15) is 71.6 Å². The van der Waals surface area contributed by atoms with Gasteiger partial charge in [0.05, 0.1) is 18.9 Å². The number of unbranched alkanes of at least 4 members (excludes halogenated alkanes) is 4. The van der Waals surface area contributed by atoms with Crippen molar-refractivity contribution < 1.29 is 33.8 Å². The summed E-state index contributed by atoms with van der Waals surface area (Å²) in [5.74, 6) is -3.04. The number of ether oxygens (including phenoxy) is 2. The third-order valence-corrected chi connectivity index (χ3v) is 3.68. The van der Waals surface area contributed by atoms with Crippen LogP contribution in [-0.2, 0) is 28.7 Å². The van der Waals surface area contributed by atoms with Crippen molar-refractivity contribution in [1.82, 2.24) is 0 Å². The van der Waals surface area contributed by atoms with Gasteiger partial charge in [0.25, 0.3) is 0 Å². The summed E-state index contributed by atoms with van der Waals surface area (Å²) in [5, 5.41) is 8.47. The average Bonchev–Trinajstić information content (AvgIpc) is 2.57. The van der Waals surface area contributed by atoms with E-state index in [1.807, 2.05) is 0 Å². The molecule has 0 aliphatic heterocycles. The number of carboxylic acids is 1. The molecule has 0 unspecified atom stereocenters. The molecule has 1 atom stereocenters. The van der Waals surface area contributed by atoms with Crippen molar-refractivity contribution in [2.75, 3.05) is 6.61 Å². The minimum absolute atomic E-state index is 0.101. The molecule has 0 saturated heterocycles. The quantitative estimate of drug-likeness (QED) is 0.268. The van der Waals surface area contributed by atoms with Crippen molar-refractivity contribution in [1.29, 1.82) is 0 Å². The predicted octanol–water partition coefficient (Wildman–Crippen LogP) is 3.20.